The average molecular weight is 576 g/mol. The van der Waals surface area contributed by atoms with Gasteiger partial charge in [0.1, 0.15) is 5.75 Å². The van der Waals surface area contributed by atoms with E-state index in [1.54, 1.807) is 54.6 Å². The number of hydrazine groups is 1. The van der Waals surface area contributed by atoms with Gasteiger partial charge < -0.3 is 10.1 Å². The van der Waals surface area contributed by atoms with E-state index in [0.717, 1.165) is 10.0 Å². The Morgan fingerprint density at radius 3 is 2.37 bits per heavy atom. The third-order valence-corrected chi connectivity index (χ3v) is 5.47. The molecule has 0 aliphatic carbocycles. The van der Waals surface area contributed by atoms with Crippen LogP contribution in [0, 0.1) is 6.92 Å². The first-order chi connectivity index (χ1) is 16.7. The first kappa shape index (κ1) is 26.1. The fourth-order valence-corrected chi connectivity index (χ4v) is 3.70. The fraction of sp³-hybridized carbons (Fsp3) is 0.0833. The van der Waals surface area contributed by atoms with E-state index in [9.17, 15) is 14.4 Å². The zero-order chi connectivity index (χ0) is 25.4. The molecule has 3 aromatic carbocycles. The van der Waals surface area contributed by atoms with Crippen molar-refractivity contribution in [1.29, 1.82) is 0 Å². The first-order valence-corrected chi connectivity index (χ1v) is 11.8. The van der Waals surface area contributed by atoms with E-state index in [4.69, 9.17) is 28.6 Å². The van der Waals surface area contributed by atoms with Gasteiger partial charge in [0.2, 0.25) is 0 Å². The second kappa shape index (κ2) is 12.3. The van der Waals surface area contributed by atoms with Gasteiger partial charge in [0.05, 0.1) is 5.02 Å². The van der Waals surface area contributed by atoms with E-state index >= 15 is 0 Å². The number of ether oxygens (including phenoxy) is 1. The second-order valence-electron chi connectivity index (χ2n) is 7.22. The number of hydrogen-bond donors (Lipinski definition) is 4. The summed E-state index contributed by atoms with van der Waals surface area (Å²) < 4.78 is 6.13. The molecule has 35 heavy (non-hydrogen) atoms. The molecule has 0 saturated carbocycles. The van der Waals surface area contributed by atoms with Gasteiger partial charge in [-0.2, -0.15) is 0 Å². The summed E-state index contributed by atoms with van der Waals surface area (Å²) in [5.41, 5.74) is 7.20. The van der Waals surface area contributed by atoms with Gasteiger partial charge in [0.25, 0.3) is 17.7 Å². The number of carbonyl (C=O) groups is 3. The van der Waals surface area contributed by atoms with Crippen LogP contribution in [0.5, 0.6) is 5.75 Å². The predicted molar refractivity (Wildman–Crippen MR) is 142 cm³/mol. The van der Waals surface area contributed by atoms with E-state index in [1.165, 1.54) is 0 Å². The standard InChI is InChI=1S/C24H20BrClN4O4S/c1-14-3-2-4-16(11-14)22(32)27-18-8-5-15(6-9-18)23(33)29-30-24(35)28-21(31)13-34-20-10-7-17(25)12-19(20)26/h2-12H,13H2,1H3,(H,27,32)(H,29,33)(H2,28,30,31,35). The van der Waals surface area contributed by atoms with Gasteiger partial charge in [-0.15, -0.1) is 0 Å². The third-order valence-electron chi connectivity index (χ3n) is 4.48. The van der Waals surface area contributed by atoms with Gasteiger partial charge in [-0.3, -0.25) is 30.6 Å². The molecule has 3 rings (SSSR count). The zero-order valence-corrected chi connectivity index (χ0v) is 21.5. The third kappa shape index (κ3) is 8.06. The minimum Gasteiger partial charge on any atom is -0.482 e. The Morgan fingerprint density at radius 2 is 1.69 bits per heavy atom. The second-order valence-corrected chi connectivity index (χ2v) is 8.95. The summed E-state index contributed by atoms with van der Waals surface area (Å²) in [6.07, 6.45) is 0. The van der Waals surface area contributed by atoms with Crippen LogP contribution in [-0.4, -0.2) is 29.4 Å². The molecule has 3 aromatic rings. The summed E-state index contributed by atoms with van der Waals surface area (Å²) in [7, 11) is 0. The SMILES string of the molecule is Cc1cccc(C(=O)Nc2ccc(C(=O)NNC(=S)NC(=O)COc3ccc(Br)cc3Cl)cc2)c1. The first-order valence-electron chi connectivity index (χ1n) is 10.2. The molecule has 0 saturated heterocycles. The zero-order valence-electron chi connectivity index (χ0n) is 18.4. The maximum atomic E-state index is 12.3. The highest BCUT2D eigenvalue weighted by molar-refractivity contribution is 9.10. The number of carbonyl (C=O) groups excluding carboxylic acids is 3. The van der Waals surface area contributed by atoms with E-state index in [0.29, 0.717) is 27.6 Å². The summed E-state index contributed by atoms with van der Waals surface area (Å²) in [6.45, 7) is 1.58. The van der Waals surface area contributed by atoms with Crippen molar-refractivity contribution in [1.82, 2.24) is 16.2 Å². The molecule has 0 radical (unpaired) electrons. The van der Waals surface area contributed by atoms with Crippen LogP contribution < -0.4 is 26.2 Å². The van der Waals surface area contributed by atoms with E-state index in [1.807, 2.05) is 19.1 Å². The molecule has 0 bridgehead atoms. The lowest BCUT2D eigenvalue weighted by Gasteiger charge is -2.12. The summed E-state index contributed by atoms with van der Waals surface area (Å²) in [5, 5.41) is 5.39. The van der Waals surface area contributed by atoms with Gasteiger partial charge in [-0.25, -0.2) is 0 Å². The van der Waals surface area contributed by atoms with Crippen LogP contribution in [0.15, 0.2) is 71.2 Å². The van der Waals surface area contributed by atoms with Crippen LogP contribution in [0.1, 0.15) is 26.3 Å². The molecule has 0 heterocycles. The van der Waals surface area contributed by atoms with Crippen LogP contribution in [0.25, 0.3) is 0 Å². The lowest BCUT2D eigenvalue weighted by atomic mass is 10.1. The Bertz CT molecular complexity index is 1270. The molecule has 0 atom stereocenters. The van der Waals surface area contributed by atoms with E-state index in [2.05, 4.69) is 37.4 Å². The topological polar surface area (TPSA) is 109 Å². The summed E-state index contributed by atoms with van der Waals surface area (Å²) >= 11 is 14.3. The number of rotatable bonds is 6. The van der Waals surface area contributed by atoms with Crippen molar-refractivity contribution in [3.8, 4) is 5.75 Å². The summed E-state index contributed by atoms with van der Waals surface area (Å²) in [6, 6.07) is 18.5. The molecule has 180 valence electrons. The van der Waals surface area contributed by atoms with Crippen LogP contribution in [-0.2, 0) is 4.79 Å². The van der Waals surface area contributed by atoms with Crippen molar-refractivity contribution >= 4 is 68.3 Å². The Hall–Kier alpha value is -3.47. The normalized spacial score (nSPS) is 10.1. The Labute approximate surface area is 220 Å². The highest BCUT2D eigenvalue weighted by Gasteiger charge is 2.11. The summed E-state index contributed by atoms with van der Waals surface area (Å²) in [5.74, 6) is -0.934. The molecular formula is C24H20BrClN4O4S. The Morgan fingerprint density at radius 1 is 0.943 bits per heavy atom. The molecular weight excluding hydrogens is 556 g/mol. The van der Waals surface area contributed by atoms with Crippen molar-refractivity contribution in [3.05, 3.63) is 92.9 Å². The van der Waals surface area contributed by atoms with Crippen LogP contribution in [0.2, 0.25) is 5.02 Å². The highest BCUT2D eigenvalue weighted by Crippen LogP contribution is 2.27. The minimum absolute atomic E-state index is 0.115. The number of aryl methyl sites for hydroxylation is 1. The minimum atomic E-state index is -0.538. The number of anilines is 1. The molecule has 0 unspecified atom stereocenters. The van der Waals surface area contributed by atoms with Crippen LogP contribution in [0.3, 0.4) is 0 Å². The fourth-order valence-electron chi connectivity index (χ4n) is 2.81. The maximum Gasteiger partial charge on any atom is 0.269 e. The highest BCUT2D eigenvalue weighted by atomic mass is 79.9. The van der Waals surface area contributed by atoms with Crippen molar-refractivity contribution in [2.24, 2.45) is 0 Å². The number of benzene rings is 3. The van der Waals surface area contributed by atoms with Crippen molar-refractivity contribution in [2.75, 3.05) is 11.9 Å². The van der Waals surface area contributed by atoms with Gasteiger partial charge in [-0.05, 0) is 73.7 Å². The number of thiocarbonyl (C=S) groups is 1. The number of hydrogen-bond acceptors (Lipinski definition) is 5. The number of amides is 3. The molecule has 0 aromatic heterocycles. The van der Waals surface area contributed by atoms with Crippen LogP contribution >= 0.6 is 39.7 Å². The summed E-state index contributed by atoms with van der Waals surface area (Å²) in [4.78, 5) is 36.7. The number of halogens is 2. The molecule has 0 aliphatic heterocycles. The lowest BCUT2D eigenvalue weighted by Crippen LogP contribution is -2.49. The Balaban J connectivity index is 1.43. The van der Waals surface area contributed by atoms with Gasteiger partial charge in [0, 0.05) is 21.3 Å². The van der Waals surface area contributed by atoms with Gasteiger partial charge in [-0.1, -0.05) is 45.2 Å². The maximum absolute atomic E-state index is 12.3. The van der Waals surface area contributed by atoms with Crippen LogP contribution in [0.4, 0.5) is 5.69 Å². The quantitative estimate of drug-likeness (QED) is 0.257. The molecule has 11 heteroatoms. The lowest BCUT2D eigenvalue weighted by molar-refractivity contribution is -0.121. The molecule has 3 amide bonds. The average Bonchev–Trinajstić information content (AvgIpc) is 2.82. The van der Waals surface area contributed by atoms with Gasteiger partial charge in [0.15, 0.2) is 11.7 Å². The molecule has 8 nitrogen and oxygen atoms in total. The molecule has 0 spiro atoms. The monoisotopic (exact) mass is 574 g/mol. The van der Waals surface area contributed by atoms with Crippen molar-refractivity contribution < 1.29 is 19.1 Å². The smallest absolute Gasteiger partial charge is 0.269 e. The van der Waals surface area contributed by atoms with Crippen molar-refractivity contribution in [2.45, 2.75) is 6.92 Å². The largest absolute Gasteiger partial charge is 0.482 e. The Kier molecular flexibility index (Phi) is 9.18. The predicted octanol–water partition coefficient (Wildman–Crippen LogP) is 4.38. The van der Waals surface area contributed by atoms with Gasteiger partial charge >= 0.3 is 0 Å². The molecule has 4 N–H and O–H groups in total. The molecule has 0 fully saturated rings. The van der Waals surface area contributed by atoms with Crippen molar-refractivity contribution in [3.63, 3.8) is 0 Å². The molecule has 0 aliphatic rings. The van der Waals surface area contributed by atoms with E-state index in [-0.39, 0.29) is 17.6 Å². The number of nitrogens with one attached hydrogen (secondary N) is 4. The van der Waals surface area contributed by atoms with E-state index < -0.39 is 11.8 Å².